The summed E-state index contributed by atoms with van der Waals surface area (Å²) in [5, 5.41) is 10.3. The van der Waals surface area contributed by atoms with Gasteiger partial charge in [-0.3, -0.25) is 9.36 Å². The molecule has 1 fully saturated rings. The molecule has 152 valence electrons. The van der Waals surface area contributed by atoms with Crippen molar-refractivity contribution < 1.29 is 4.79 Å². The van der Waals surface area contributed by atoms with Crippen LogP contribution >= 0.6 is 23.1 Å². The lowest BCUT2D eigenvalue weighted by Gasteiger charge is -2.22. The fourth-order valence-corrected chi connectivity index (χ4v) is 5.87. The van der Waals surface area contributed by atoms with Crippen LogP contribution in [0.2, 0.25) is 0 Å². The monoisotopic (exact) mass is 435 g/mol. The number of hydrogen-bond donors (Lipinski definition) is 0. The Hall–Kier alpha value is -2.71. The molecule has 1 aliphatic heterocycles. The molecule has 0 aliphatic carbocycles. The molecule has 30 heavy (non-hydrogen) atoms. The van der Waals surface area contributed by atoms with Crippen molar-refractivity contribution in [2.45, 2.75) is 31.0 Å². The maximum Gasteiger partial charge on any atom is 0.233 e. The molecule has 0 radical (unpaired) electrons. The van der Waals surface area contributed by atoms with Gasteiger partial charge in [0.1, 0.15) is 10.8 Å². The molecule has 2 aromatic heterocycles. The van der Waals surface area contributed by atoms with E-state index >= 15 is 0 Å². The minimum atomic E-state index is 0.0734. The van der Waals surface area contributed by atoms with Crippen molar-refractivity contribution in [1.82, 2.24) is 24.6 Å². The van der Waals surface area contributed by atoms with Crippen molar-refractivity contribution in [3.63, 3.8) is 0 Å². The number of aryl methyl sites for hydroxylation is 1. The van der Waals surface area contributed by atoms with E-state index in [0.717, 1.165) is 46.6 Å². The summed E-state index contributed by atoms with van der Waals surface area (Å²) in [4.78, 5) is 19.9. The van der Waals surface area contributed by atoms with Crippen LogP contribution in [0.4, 0.5) is 0 Å². The smallest absolute Gasteiger partial charge is 0.233 e. The van der Waals surface area contributed by atoms with Crippen molar-refractivity contribution in [2.24, 2.45) is 0 Å². The summed E-state index contributed by atoms with van der Waals surface area (Å²) in [5.74, 6) is 1.28. The third-order valence-corrected chi connectivity index (χ3v) is 7.35. The van der Waals surface area contributed by atoms with Gasteiger partial charge in [0.05, 0.1) is 22.0 Å². The van der Waals surface area contributed by atoms with Crippen molar-refractivity contribution in [2.75, 3.05) is 12.3 Å². The first-order valence-corrected chi connectivity index (χ1v) is 11.8. The van der Waals surface area contributed by atoms with Gasteiger partial charge < -0.3 is 4.90 Å². The number of benzene rings is 2. The number of rotatable bonds is 5. The fraction of sp³-hybridized carbons (Fsp3) is 0.273. The first kappa shape index (κ1) is 19.3. The molecule has 0 N–H and O–H groups in total. The first-order chi connectivity index (χ1) is 14.7. The minimum absolute atomic E-state index is 0.0734. The molecule has 3 heterocycles. The molecule has 8 heteroatoms. The summed E-state index contributed by atoms with van der Waals surface area (Å²) in [6, 6.07) is 18.2. The second-order valence-corrected chi connectivity index (χ2v) is 9.26. The third-order valence-electron chi connectivity index (χ3n) is 5.30. The summed E-state index contributed by atoms with van der Waals surface area (Å²) in [6.07, 6.45) is 1.98. The lowest BCUT2D eigenvalue weighted by atomic mass is 10.2. The highest BCUT2D eigenvalue weighted by Gasteiger charge is 2.32. The SMILES string of the molecule is Cc1nnc(SCC(=O)N2CCCC2c2nc3ccccc3s2)n1-c1ccccc1. The predicted octanol–water partition coefficient (Wildman–Crippen LogP) is 4.64. The zero-order valence-corrected chi connectivity index (χ0v) is 18.2. The Morgan fingerprint density at radius 1 is 1.13 bits per heavy atom. The molecule has 1 unspecified atom stereocenters. The highest BCUT2D eigenvalue weighted by molar-refractivity contribution is 7.99. The van der Waals surface area contributed by atoms with Gasteiger partial charge in [-0.25, -0.2) is 4.98 Å². The number of nitrogens with zero attached hydrogens (tertiary/aromatic N) is 5. The molecule has 1 amide bonds. The topological polar surface area (TPSA) is 63.9 Å². The Balaban J connectivity index is 1.32. The number of para-hydroxylation sites is 2. The van der Waals surface area contributed by atoms with Gasteiger partial charge in [-0.1, -0.05) is 42.1 Å². The van der Waals surface area contributed by atoms with Crippen LogP contribution in [0.1, 0.15) is 29.7 Å². The van der Waals surface area contributed by atoms with Crippen LogP contribution < -0.4 is 0 Å². The number of fused-ring (bicyclic) bond motifs is 1. The average Bonchev–Trinajstić information content (AvgIpc) is 3.50. The highest BCUT2D eigenvalue weighted by Crippen LogP contribution is 2.37. The van der Waals surface area contributed by atoms with Gasteiger partial charge >= 0.3 is 0 Å². The van der Waals surface area contributed by atoms with Gasteiger partial charge in [0.2, 0.25) is 5.91 Å². The summed E-state index contributed by atoms with van der Waals surface area (Å²) in [6.45, 7) is 2.71. The van der Waals surface area contributed by atoms with Gasteiger partial charge in [-0.15, -0.1) is 21.5 Å². The molecular formula is C22H21N5OS2. The van der Waals surface area contributed by atoms with E-state index in [1.165, 1.54) is 16.5 Å². The minimum Gasteiger partial charge on any atom is -0.332 e. The molecule has 4 aromatic rings. The largest absolute Gasteiger partial charge is 0.332 e. The number of hydrogen-bond acceptors (Lipinski definition) is 6. The number of carbonyl (C=O) groups excluding carboxylic acids is 1. The molecule has 6 nitrogen and oxygen atoms in total. The molecular weight excluding hydrogens is 414 g/mol. The van der Waals surface area contributed by atoms with Gasteiger partial charge in [-0.05, 0) is 44.0 Å². The van der Waals surface area contributed by atoms with Crippen LogP contribution in [0.5, 0.6) is 0 Å². The summed E-state index contributed by atoms with van der Waals surface area (Å²) >= 11 is 3.14. The molecule has 5 rings (SSSR count). The van der Waals surface area contributed by atoms with E-state index in [0.29, 0.717) is 5.75 Å². The average molecular weight is 436 g/mol. The van der Waals surface area contributed by atoms with Crippen LogP contribution in [0.25, 0.3) is 15.9 Å². The first-order valence-electron chi connectivity index (χ1n) is 9.96. The third kappa shape index (κ3) is 3.61. The molecule has 0 bridgehead atoms. The Morgan fingerprint density at radius 2 is 1.93 bits per heavy atom. The quantitative estimate of drug-likeness (QED) is 0.427. The van der Waals surface area contributed by atoms with Crippen molar-refractivity contribution in [3.8, 4) is 5.69 Å². The van der Waals surface area contributed by atoms with Gasteiger partial charge in [0.15, 0.2) is 5.16 Å². The zero-order chi connectivity index (χ0) is 20.5. The number of aromatic nitrogens is 4. The molecule has 1 saturated heterocycles. The summed E-state index contributed by atoms with van der Waals surface area (Å²) < 4.78 is 3.17. The standard InChI is InChI=1S/C22H21N5OS2/c1-15-24-25-22(27(15)16-8-3-2-4-9-16)29-14-20(28)26-13-7-11-18(26)21-23-17-10-5-6-12-19(17)30-21/h2-6,8-10,12,18H,7,11,13-14H2,1H3. The van der Waals surface area contributed by atoms with Crippen LogP contribution in [-0.4, -0.2) is 42.9 Å². The van der Waals surface area contributed by atoms with Crippen LogP contribution in [-0.2, 0) is 4.79 Å². The molecule has 1 aliphatic rings. The summed E-state index contributed by atoms with van der Waals surface area (Å²) in [5.41, 5.74) is 2.01. The van der Waals surface area contributed by atoms with E-state index in [1.54, 1.807) is 11.3 Å². The lowest BCUT2D eigenvalue weighted by molar-refractivity contribution is -0.129. The Kier molecular flexibility index (Phi) is 5.26. The predicted molar refractivity (Wildman–Crippen MR) is 120 cm³/mol. The number of thioether (sulfide) groups is 1. The molecule has 2 aromatic carbocycles. The second-order valence-electron chi connectivity index (χ2n) is 7.25. The van der Waals surface area contributed by atoms with E-state index in [1.807, 2.05) is 64.9 Å². The van der Waals surface area contributed by atoms with Gasteiger partial charge in [0, 0.05) is 12.2 Å². The number of carbonyl (C=O) groups is 1. The number of amides is 1. The highest BCUT2D eigenvalue weighted by atomic mass is 32.2. The Morgan fingerprint density at radius 3 is 2.77 bits per heavy atom. The Labute approximate surface area is 183 Å². The number of likely N-dealkylation sites (tertiary alicyclic amines) is 1. The molecule has 0 spiro atoms. The summed E-state index contributed by atoms with van der Waals surface area (Å²) in [7, 11) is 0. The maximum atomic E-state index is 13.1. The van der Waals surface area contributed by atoms with E-state index in [-0.39, 0.29) is 11.9 Å². The normalized spacial score (nSPS) is 16.4. The van der Waals surface area contributed by atoms with E-state index in [4.69, 9.17) is 4.98 Å². The van der Waals surface area contributed by atoms with Crippen molar-refractivity contribution >= 4 is 39.2 Å². The molecule has 1 atom stereocenters. The Bertz CT molecular complexity index is 1150. The van der Waals surface area contributed by atoms with E-state index in [9.17, 15) is 4.79 Å². The lowest BCUT2D eigenvalue weighted by Crippen LogP contribution is -2.32. The van der Waals surface area contributed by atoms with Crippen molar-refractivity contribution in [3.05, 3.63) is 65.4 Å². The fourth-order valence-electron chi connectivity index (χ4n) is 3.87. The van der Waals surface area contributed by atoms with E-state index in [2.05, 4.69) is 16.3 Å². The van der Waals surface area contributed by atoms with Crippen molar-refractivity contribution in [1.29, 1.82) is 0 Å². The van der Waals surface area contributed by atoms with Gasteiger partial charge in [-0.2, -0.15) is 0 Å². The number of thiazole rings is 1. The maximum absolute atomic E-state index is 13.1. The van der Waals surface area contributed by atoms with Gasteiger partial charge in [0.25, 0.3) is 0 Å². The second kappa shape index (κ2) is 8.20. The zero-order valence-electron chi connectivity index (χ0n) is 16.6. The molecule has 0 saturated carbocycles. The van der Waals surface area contributed by atoms with Crippen LogP contribution in [0.15, 0.2) is 59.8 Å². The van der Waals surface area contributed by atoms with Crippen LogP contribution in [0.3, 0.4) is 0 Å². The van der Waals surface area contributed by atoms with E-state index < -0.39 is 0 Å². The van der Waals surface area contributed by atoms with Crippen LogP contribution in [0, 0.1) is 6.92 Å².